The molecule has 0 saturated heterocycles. The van der Waals surface area contributed by atoms with Gasteiger partial charge in [-0.15, -0.1) is 5.10 Å². The summed E-state index contributed by atoms with van der Waals surface area (Å²) < 4.78 is 0. The first-order valence-electron chi connectivity index (χ1n) is 6.76. The molecule has 2 N–H and O–H groups in total. The van der Waals surface area contributed by atoms with Crippen LogP contribution in [0.3, 0.4) is 0 Å². The van der Waals surface area contributed by atoms with Crippen LogP contribution in [-0.2, 0) is 0 Å². The van der Waals surface area contributed by atoms with E-state index >= 15 is 0 Å². The van der Waals surface area contributed by atoms with Crippen LogP contribution >= 0.6 is 11.6 Å². The van der Waals surface area contributed by atoms with Crippen LogP contribution in [0, 0.1) is 6.92 Å². The molecule has 0 bridgehead atoms. The number of aromatic nitrogens is 3. The second-order valence-corrected chi connectivity index (χ2v) is 5.17. The van der Waals surface area contributed by atoms with Gasteiger partial charge in [-0.05, 0) is 31.2 Å². The molecule has 0 amide bonds. The molecule has 22 heavy (non-hydrogen) atoms. The second kappa shape index (κ2) is 6.41. The zero-order valence-corrected chi connectivity index (χ0v) is 12.7. The molecule has 0 spiro atoms. The van der Waals surface area contributed by atoms with E-state index in [1.165, 1.54) is 5.56 Å². The number of hydrogen-bond acceptors (Lipinski definition) is 5. The summed E-state index contributed by atoms with van der Waals surface area (Å²) in [6, 6.07) is 15.4. The number of rotatable bonds is 4. The summed E-state index contributed by atoms with van der Waals surface area (Å²) in [7, 11) is 0. The number of benzene rings is 2. The van der Waals surface area contributed by atoms with Crippen molar-refractivity contribution in [2.75, 3.05) is 10.6 Å². The third kappa shape index (κ3) is 3.51. The SMILES string of the molecule is Cc1ccc(Nc2nncc(Nc3ccccc3Cl)n2)cc1. The summed E-state index contributed by atoms with van der Waals surface area (Å²) in [6.07, 6.45) is 1.55. The Balaban J connectivity index is 1.78. The number of anilines is 4. The van der Waals surface area contributed by atoms with Crippen LogP contribution in [0.1, 0.15) is 5.56 Å². The third-order valence-electron chi connectivity index (χ3n) is 3.00. The van der Waals surface area contributed by atoms with E-state index < -0.39 is 0 Å². The Hall–Kier alpha value is -2.66. The van der Waals surface area contributed by atoms with Gasteiger partial charge in [-0.3, -0.25) is 0 Å². The Morgan fingerprint density at radius 3 is 2.50 bits per heavy atom. The van der Waals surface area contributed by atoms with Gasteiger partial charge >= 0.3 is 0 Å². The Labute approximate surface area is 133 Å². The van der Waals surface area contributed by atoms with Gasteiger partial charge in [0.05, 0.1) is 16.9 Å². The molecule has 0 atom stereocenters. The number of aryl methyl sites for hydroxylation is 1. The molecule has 1 heterocycles. The Bertz CT molecular complexity index is 773. The maximum Gasteiger partial charge on any atom is 0.249 e. The van der Waals surface area contributed by atoms with Crippen molar-refractivity contribution < 1.29 is 0 Å². The fourth-order valence-electron chi connectivity index (χ4n) is 1.88. The molecule has 0 unspecified atom stereocenters. The smallest absolute Gasteiger partial charge is 0.249 e. The summed E-state index contributed by atoms with van der Waals surface area (Å²) in [5, 5.41) is 14.8. The Morgan fingerprint density at radius 2 is 1.73 bits per heavy atom. The topological polar surface area (TPSA) is 62.7 Å². The molecule has 110 valence electrons. The van der Waals surface area contributed by atoms with Gasteiger partial charge in [0, 0.05) is 5.69 Å². The van der Waals surface area contributed by atoms with Gasteiger partial charge in [-0.1, -0.05) is 41.4 Å². The Kier molecular flexibility index (Phi) is 4.16. The molecule has 0 aliphatic rings. The Morgan fingerprint density at radius 1 is 0.955 bits per heavy atom. The van der Waals surface area contributed by atoms with E-state index in [9.17, 15) is 0 Å². The van der Waals surface area contributed by atoms with Crippen molar-refractivity contribution in [3.8, 4) is 0 Å². The first-order chi connectivity index (χ1) is 10.7. The minimum Gasteiger partial charge on any atom is -0.338 e. The highest BCUT2D eigenvalue weighted by molar-refractivity contribution is 6.33. The summed E-state index contributed by atoms with van der Waals surface area (Å²) >= 11 is 6.12. The van der Waals surface area contributed by atoms with Crippen molar-refractivity contribution in [1.82, 2.24) is 15.2 Å². The van der Waals surface area contributed by atoms with E-state index in [2.05, 4.69) is 25.8 Å². The van der Waals surface area contributed by atoms with Gasteiger partial charge in [-0.25, -0.2) is 0 Å². The lowest BCUT2D eigenvalue weighted by Crippen LogP contribution is -2.02. The van der Waals surface area contributed by atoms with E-state index in [4.69, 9.17) is 11.6 Å². The van der Waals surface area contributed by atoms with Crippen molar-refractivity contribution in [3.63, 3.8) is 0 Å². The third-order valence-corrected chi connectivity index (χ3v) is 3.33. The van der Waals surface area contributed by atoms with Crippen molar-refractivity contribution in [2.45, 2.75) is 6.92 Å². The van der Waals surface area contributed by atoms with Gasteiger partial charge in [0.15, 0.2) is 5.82 Å². The van der Waals surface area contributed by atoms with Gasteiger partial charge in [-0.2, -0.15) is 10.1 Å². The van der Waals surface area contributed by atoms with Crippen molar-refractivity contribution in [1.29, 1.82) is 0 Å². The highest BCUT2D eigenvalue weighted by atomic mass is 35.5. The highest BCUT2D eigenvalue weighted by Gasteiger charge is 2.04. The molecule has 0 radical (unpaired) electrons. The lowest BCUT2D eigenvalue weighted by molar-refractivity contribution is 0.982. The van der Waals surface area contributed by atoms with E-state index in [1.54, 1.807) is 6.20 Å². The van der Waals surface area contributed by atoms with E-state index in [-0.39, 0.29) is 0 Å². The minimum atomic E-state index is 0.418. The van der Waals surface area contributed by atoms with E-state index in [0.717, 1.165) is 11.4 Å². The van der Waals surface area contributed by atoms with Crippen LogP contribution in [0.15, 0.2) is 54.7 Å². The molecule has 0 fully saturated rings. The molecular weight excluding hydrogens is 298 g/mol. The summed E-state index contributed by atoms with van der Waals surface area (Å²) in [5.74, 6) is 0.985. The zero-order chi connectivity index (χ0) is 15.4. The summed E-state index contributed by atoms with van der Waals surface area (Å²) in [6.45, 7) is 2.04. The molecule has 3 rings (SSSR count). The second-order valence-electron chi connectivity index (χ2n) is 4.76. The average molecular weight is 312 g/mol. The maximum absolute atomic E-state index is 6.12. The normalized spacial score (nSPS) is 10.3. The number of halogens is 1. The molecule has 0 aliphatic carbocycles. The molecule has 0 saturated carbocycles. The van der Waals surface area contributed by atoms with Crippen molar-refractivity contribution in [3.05, 3.63) is 65.3 Å². The highest BCUT2D eigenvalue weighted by Crippen LogP contribution is 2.24. The van der Waals surface area contributed by atoms with Gasteiger partial charge in [0.1, 0.15) is 0 Å². The molecule has 1 aromatic heterocycles. The summed E-state index contributed by atoms with van der Waals surface area (Å²) in [5.41, 5.74) is 2.87. The van der Waals surface area contributed by atoms with Crippen molar-refractivity contribution >= 4 is 34.7 Å². The lowest BCUT2D eigenvalue weighted by atomic mass is 10.2. The molecule has 0 aliphatic heterocycles. The predicted molar refractivity (Wildman–Crippen MR) is 89.0 cm³/mol. The van der Waals surface area contributed by atoms with Crippen LogP contribution in [0.2, 0.25) is 5.02 Å². The molecule has 6 heteroatoms. The van der Waals surface area contributed by atoms with Crippen LogP contribution in [0.5, 0.6) is 0 Å². The molecular formula is C16H14ClN5. The van der Waals surface area contributed by atoms with Crippen molar-refractivity contribution in [2.24, 2.45) is 0 Å². The van der Waals surface area contributed by atoms with E-state index in [0.29, 0.717) is 16.8 Å². The van der Waals surface area contributed by atoms with Crippen LogP contribution in [-0.4, -0.2) is 15.2 Å². The minimum absolute atomic E-state index is 0.418. The fourth-order valence-corrected chi connectivity index (χ4v) is 2.07. The van der Waals surface area contributed by atoms with E-state index in [1.807, 2.05) is 55.5 Å². The zero-order valence-electron chi connectivity index (χ0n) is 11.9. The maximum atomic E-state index is 6.12. The largest absolute Gasteiger partial charge is 0.338 e. The van der Waals surface area contributed by atoms with Crippen LogP contribution in [0.25, 0.3) is 0 Å². The van der Waals surface area contributed by atoms with Gasteiger partial charge < -0.3 is 10.6 Å². The lowest BCUT2D eigenvalue weighted by Gasteiger charge is -2.08. The van der Waals surface area contributed by atoms with Gasteiger partial charge in [0.2, 0.25) is 5.95 Å². The quantitative estimate of drug-likeness (QED) is 0.751. The monoisotopic (exact) mass is 311 g/mol. The predicted octanol–water partition coefficient (Wildman–Crippen LogP) is 4.32. The van der Waals surface area contributed by atoms with Crippen LogP contribution < -0.4 is 10.6 Å². The number of nitrogens with zero attached hydrogens (tertiary/aromatic N) is 3. The average Bonchev–Trinajstić information content (AvgIpc) is 2.52. The molecule has 3 aromatic rings. The molecule has 5 nitrogen and oxygen atoms in total. The molecule has 2 aromatic carbocycles. The number of para-hydroxylation sites is 1. The summed E-state index contributed by atoms with van der Waals surface area (Å²) in [4.78, 5) is 4.37. The fraction of sp³-hybridized carbons (Fsp3) is 0.0625. The first-order valence-corrected chi connectivity index (χ1v) is 7.13. The van der Waals surface area contributed by atoms with Gasteiger partial charge in [0.25, 0.3) is 0 Å². The first kappa shape index (κ1) is 14.3. The van der Waals surface area contributed by atoms with Crippen LogP contribution in [0.4, 0.5) is 23.1 Å². The standard InChI is InChI=1S/C16H14ClN5/c1-11-6-8-12(9-7-11)19-16-21-15(10-18-22-16)20-14-5-3-2-4-13(14)17/h2-10H,1H3,(H2,19,20,21,22). The number of hydrogen-bond donors (Lipinski definition) is 2. The number of nitrogens with one attached hydrogen (secondary N) is 2.